The fraction of sp³-hybridized carbons (Fsp3) is 0.667. The monoisotopic (exact) mass is 307 g/mol. The third kappa shape index (κ3) is 4.56. The summed E-state index contributed by atoms with van der Waals surface area (Å²) in [7, 11) is 0. The molecule has 1 aliphatic rings. The standard InChI is InChI=1S/C15H25N5O2/c1-12-8-17-20(10-12)11-13(2)16-9-15(22)19-6-4-18(5-7-19)14(3)21/h8,10,13,16H,4-7,9,11H2,1-3H3. The average Bonchev–Trinajstić information content (AvgIpc) is 2.90. The van der Waals surface area contributed by atoms with Crippen molar-refractivity contribution >= 4 is 11.8 Å². The number of carbonyl (C=O) groups is 2. The van der Waals surface area contributed by atoms with Gasteiger partial charge in [0.2, 0.25) is 11.8 Å². The molecule has 0 spiro atoms. The molecular formula is C15H25N5O2. The van der Waals surface area contributed by atoms with Gasteiger partial charge in [-0.3, -0.25) is 14.3 Å². The molecule has 0 bridgehead atoms. The normalized spacial score (nSPS) is 16.7. The summed E-state index contributed by atoms with van der Waals surface area (Å²) in [6, 6.07) is 0.168. The minimum absolute atomic E-state index is 0.0772. The molecule has 1 aromatic rings. The van der Waals surface area contributed by atoms with Gasteiger partial charge in [-0.25, -0.2) is 0 Å². The van der Waals surface area contributed by atoms with E-state index in [-0.39, 0.29) is 17.9 Å². The van der Waals surface area contributed by atoms with Crippen molar-refractivity contribution in [3.05, 3.63) is 18.0 Å². The largest absolute Gasteiger partial charge is 0.339 e. The second-order valence-corrected chi connectivity index (χ2v) is 5.91. The summed E-state index contributed by atoms with van der Waals surface area (Å²) < 4.78 is 1.88. The number of piperazine rings is 1. The van der Waals surface area contributed by atoms with Gasteiger partial charge in [0.15, 0.2) is 0 Å². The van der Waals surface area contributed by atoms with Crippen LogP contribution in [0.25, 0.3) is 0 Å². The smallest absolute Gasteiger partial charge is 0.236 e. The number of hydrogen-bond acceptors (Lipinski definition) is 4. The fourth-order valence-corrected chi connectivity index (χ4v) is 2.56. The van der Waals surface area contributed by atoms with Crippen molar-refractivity contribution in [2.75, 3.05) is 32.7 Å². The van der Waals surface area contributed by atoms with Crippen LogP contribution < -0.4 is 5.32 Å². The summed E-state index contributed by atoms with van der Waals surface area (Å²) in [5.74, 6) is 0.167. The van der Waals surface area contributed by atoms with Gasteiger partial charge >= 0.3 is 0 Å². The Kier molecular flexibility index (Phi) is 5.54. The van der Waals surface area contributed by atoms with E-state index in [4.69, 9.17) is 0 Å². The van der Waals surface area contributed by atoms with E-state index < -0.39 is 0 Å². The van der Waals surface area contributed by atoms with E-state index in [1.54, 1.807) is 11.8 Å². The summed E-state index contributed by atoms with van der Waals surface area (Å²) in [5.41, 5.74) is 1.13. The van der Waals surface area contributed by atoms with Crippen molar-refractivity contribution in [3.8, 4) is 0 Å². The first-order valence-corrected chi connectivity index (χ1v) is 7.71. The predicted molar refractivity (Wildman–Crippen MR) is 83.3 cm³/mol. The van der Waals surface area contributed by atoms with Crippen molar-refractivity contribution in [3.63, 3.8) is 0 Å². The molecule has 0 saturated carbocycles. The van der Waals surface area contributed by atoms with Crippen LogP contribution in [-0.4, -0.2) is 70.2 Å². The molecule has 1 fully saturated rings. The maximum atomic E-state index is 12.2. The highest BCUT2D eigenvalue weighted by molar-refractivity contribution is 5.79. The fourth-order valence-electron chi connectivity index (χ4n) is 2.56. The quantitative estimate of drug-likeness (QED) is 0.822. The molecule has 1 saturated heterocycles. The van der Waals surface area contributed by atoms with Gasteiger partial charge < -0.3 is 15.1 Å². The van der Waals surface area contributed by atoms with Crippen LogP contribution in [0.3, 0.4) is 0 Å². The molecule has 22 heavy (non-hydrogen) atoms. The molecule has 122 valence electrons. The summed E-state index contributed by atoms with van der Waals surface area (Å²) in [5, 5.41) is 7.48. The SMILES string of the molecule is CC(=O)N1CCN(C(=O)CNC(C)Cn2cc(C)cn2)CC1. The van der Waals surface area contributed by atoms with E-state index in [0.717, 1.165) is 12.1 Å². The van der Waals surface area contributed by atoms with Crippen molar-refractivity contribution in [1.29, 1.82) is 0 Å². The molecule has 7 nitrogen and oxygen atoms in total. The lowest BCUT2D eigenvalue weighted by molar-refractivity contribution is -0.137. The number of nitrogens with zero attached hydrogens (tertiary/aromatic N) is 4. The van der Waals surface area contributed by atoms with E-state index in [2.05, 4.69) is 10.4 Å². The van der Waals surface area contributed by atoms with Gasteiger partial charge in [0.1, 0.15) is 0 Å². The predicted octanol–water partition coefficient (Wildman–Crippen LogP) is -0.140. The third-order valence-electron chi connectivity index (χ3n) is 3.90. The highest BCUT2D eigenvalue weighted by Gasteiger charge is 2.22. The van der Waals surface area contributed by atoms with Crippen LogP contribution in [0.15, 0.2) is 12.4 Å². The zero-order valence-electron chi connectivity index (χ0n) is 13.6. The molecule has 2 heterocycles. The van der Waals surface area contributed by atoms with Crippen LogP contribution >= 0.6 is 0 Å². The van der Waals surface area contributed by atoms with Gasteiger partial charge in [-0.15, -0.1) is 0 Å². The molecular weight excluding hydrogens is 282 g/mol. The number of aryl methyl sites for hydroxylation is 1. The van der Waals surface area contributed by atoms with Crippen LogP contribution in [-0.2, 0) is 16.1 Å². The molecule has 1 aromatic heterocycles. The molecule has 0 radical (unpaired) electrons. The highest BCUT2D eigenvalue weighted by atomic mass is 16.2. The summed E-state index contributed by atoms with van der Waals surface area (Å²) >= 11 is 0. The number of hydrogen-bond donors (Lipinski definition) is 1. The van der Waals surface area contributed by atoms with Crippen LogP contribution in [0.2, 0.25) is 0 Å². The Balaban J connectivity index is 1.70. The minimum atomic E-state index is 0.0772. The Morgan fingerprint density at radius 2 is 1.91 bits per heavy atom. The summed E-state index contributed by atoms with van der Waals surface area (Å²) in [6.45, 7) is 9.16. The first kappa shape index (κ1) is 16.5. The maximum absolute atomic E-state index is 12.2. The van der Waals surface area contributed by atoms with Crippen molar-refractivity contribution < 1.29 is 9.59 Å². The van der Waals surface area contributed by atoms with Crippen molar-refractivity contribution in [2.45, 2.75) is 33.4 Å². The van der Waals surface area contributed by atoms with Crippen molar-refractivity contribution in [2.24, 2.45) is 0 Å². The lowest BCUT2D eigenvalue weighted by atomic mass is 10.3. The molecule has 2 amide bonds. The third-order valence-corrected chi connectivity index (χ3v) is 3.90. The van der Waals surface area contributed by atoms with Crippen LogP contribution in [0.5, 0.6) is 0 Å². The molecule has 0 aliphatic carbocycles. The first-order chi connectivity index (χ1) is 10.5. The van der Waals surface area contributed by atoms with Crippen LogP contribution in [0.4, 0.5) is 0 Å². The van der Waals surface area contributed by atoms with Gasteiger partial charge in [-0.1, -0.05) is 0 Å². The highest BCUT2D eigenvalue weighted by Crippen LogP contribution is 2.02. The van der Waals surface area contributed by atoms with Gasteiger partial charge in [-0.2, -0.15) is 5.10 Å². The number of amides is 2. The number of rotatable bonds is 5. The molecule has 1 aliphatic heterocycles. The van der Waals surface area contributed by atoms with Gasteiger partial charge in [0.05, 0.1) is 19.3 Å². The van der Waals surface area contributed by atoms with E-state index in [0.29, 0.717) is 32.7 Å². The van der Waals surface area contributed by atoms with Gasteiger partial charge in [0.25, 0.3) is 0 Å². The Bertz CT molecular complexity index is 520. The average molecular weight is 307 g/mol. The molecule has 7 heteroatoms. The van der Waals surface area contributed by atoms with E-state index in [1.165, 1.54) is 0 Å². The summed E-state index contributed by atoms with van der Waals surface area (Å²) in [4.78, 5) is 27.0. The second kappa shape index (κ2) is 7.40. The van der Waals surface area contributed by atoms with E-state index >= 15 is 0 Å². The zero-order valence-corrected chi connectivity index (χ0v) is 13.6. The first-order valence-electron chi connectivity index (χ1n) is 7.71. The number of aromatic nitrogens is 2. The number of nitrogens with one attached hydrogen (secondary N) is 1. The lowest BCUT2D eigenvalue weighted by Crippen LogP contribution is -2.52. The lowest BCUT2D eigenvalue weighted by Gasteiger charge is -2.34. The molecule has 0 aromatic carbocycles. The zero-order chi connectivity index (χ0) is 16.1. The minimum Gasteiger partial charge on any atom is -0.339 e. The Hall–Kier alpha value is -1.89. The van der Waals surface area contributed by atoms with Crippen LogP contribution in [0.1, 0.15) is 19.4 Å². The Labute approximate surface area is 131 Å². The van der Waals surface area contributed by atoms with Crippen LogP contribution in [0, 0.1) is 6.92 Å². The Morgan fingerprint density at radius 3 is 2.45 bits per heavy atom. The molecule has 1 atom stereocenters. The van der Waals surface area contributed by atoms with Gasteiger partial charge in [-0.05, 0) is 19.4 Å². The second-order valence-electron chi connectivity index (χ2n) is 5.91. The maximum Gasteiger partial charge on any atom is 0.236 e. The van der Waals surface area contributed by atoms with Gasteiger partial charge in [0, 0.05) is 45.3 Å². The number of carbonyl (C=O) groups excluding carboxylic acids is 2. The van der Waals surface area contributed by atoms with E-state index in [9.17, 15) is 9.59 Å². The van der Waals surface area contributed by atoms with E-state index in [1.807, 2.05) is 35.8 Å². The summed E-state index contributed by atoms with van der Waals surface area (Å²) in [6.07, 6.45) is 3.81. The molecule has 1 N–H and O–H groups in total. The molecule has 2 rings (SSSR count). The topological polar surface area (TPSA) is 70.5 Å². The van der Waals surface area contributed by atoms with Crippen molar-refractivity contribution in [1.82, 2.24) is 24.9 Å². The molecule has 1 unspecified atom stereocenters. The Morgan fingerprint density at radius 1 is 1.27 bits per heavy atom.